The number of nitriles is 1. The lowest BCUT2D eigenvalue weighted by Gasteiger charge is -2.05. The number of hydrogen-bond acceptors (Lipinski definition) is 2. The van der Waals surface area contributed by atoms with Gasteiger partial charge in [-0.15, -0.1) is 0 Å². The lowest BCUT2D eigenvalue weighted by atomic mass is 10.1. The Hall–Kier alpha value is -2.18. The predicted octanol–water partition coefficient (Wildman–Crippen LogP) is 3.41. The van der Waals surface area contributed by atoms with Crippen molar-refractivity contribution in [3.8, 4) is 6.07 Å². The molecule has 0 radical (unpaired) electrons. The standard InChI is InChI=1S/C15H12FNO/c16-15-7-6-13(8-14(15)9-17)11-18-10-12-4-2-1-3-5-12/h1-8H,10-11H2. The minimum absolute atomic E-state index is 0.0517. The summed E-state index contributed by atoms with van der Waals surface area (Å²) in [5.74, 6) is -0.496. The van der Waals surface area contributed by atoms with Crippen molar-refractivity contribution in [2.24, 2.45) is 0 Å². The van der Waals surface area contributed by atoms with Crippen LogP contribution in [0.1, 0.15) is 16.7 Å². The van der Waals surface area contributed by atoms with Crippen molar-refractivity contribution in [3.63, 3.8) is 0 Å². The van der Waals surface area contributed by atoms with Crippen LogP contribution >= 0.6 is 0 Å². The molecule has 0 spiro atoms. The van der Waals surface area contributed by atoms with Gasteiger partial charge in [0, 0.05) is 0 Å². The van der Waals surface area contributed by atoms with Crippen LogP contribution in [0.2, 0.25) is 0 Å². The minimum Gasteiger partial charge on any atom is -0.372 e. The molecule has 0 aliphatic heterocycles. The van der Waals surface area contributed by atoms with Crippen LogP contribution in [0.5, 0.6) is 0 Å². The Morgan fingerprint density at radius 3 is 2.44 bits per heavy atom. The Balaban J connectivity index is 1.93. The predicted molar refractivity (Wildman–Crippen MR) is 66.1 cm³/mol. The molecule has 2 aromatic rings. The van der Waals surface area contributed by atoms with Gasteiger partial charge in [-0.2, -0.15) is 5.26 Å². The van der Waals surface area contributed by atoms with E-state index in [1.54, 1.807) is 6.07 Å². The summed E-state index contributed by atoms with van der Waals surface area (Å²) in [6.07, 6.45) is 0. The number of benzene rings is 2. The van der Waals surface area contributed by atoms with Crippen molar-refractivity contribution in [3.05, 3.63) is 71.0 Å². The first-order valence-electron chi connectivity index (χ1n) is 5.60. The first-order chi connectivity index (χ1) is 8.79. The summed E-state index contributed by atoms with van der Waals surface area (Å²) in [7, 11) is 0. The molecule has 0 saturated heterocycles. The zero-order chi connectivity index (χ0) is 12.8. The lowest BCUT2D eigenvalue weighted by molar-refractivity contribution is 0.107. The quantitative estimate of drug-likeness (QED) is 0.821. The maximum atomic E-state index is 13.1. The molecule has 0 amide bonds. The molecule has 0 N–H and O–H groups in total. The Labute approximate surface area is 105 Å². The number of rotatable bonds is 4. The molecule has 0 aromatic heterocycles. The monoisotopic (exact) mass is 241 g/mol. The number of nitrogens with zero attached hydrogens (tertiary/aromatic N) is 1. The second kappa shape index (κ2) is 5.95. The second-order valence-electron chi connectivity index (χ2n) is 3.90. The van der Waals surface area contributed by atoms with Crippen molar-refractivity contribution in [1.82, 2.24) is 0 Å². The molecule has 2 aromatic carbocycles. The highest BCUT2D eigenvalue weighted by molar-refractivity contribution is 5.34. The van der Waals surface area contributed by atoms with Crippen molar-refractivity contribution < 1.29 is 9.13 Å². The molecular formula is C15H12FNO. The molecule has 0 aliphatic rings. The molecule has 2 nitrogen and oxygen atoms in total. The van der Waals surface area contributed by atoms with Crippen LogP contribution in [0, 0.1) is 17.1 Å². The zero-order valence-corrected chi connectivity index (χ0v) is 9.77. The van der Waals surface area contributed by atoms with Crippen LogP contribution in [0.15, 0.2) is 48.5 Å². The van der Waals surface area contributed by atoms with Crippen LogP contribution in [-0.2, 0) is 18.0 Å². The van der Waals surface area contributed by atoms with E-state index in [1.165, 1.54) is 12.1 Å². The average molecular weight is 241 g/mol. The minimum atomic E-state index is -0.496. The molecule has 0 bridgehead atoms. The summed E-state index contributed by atoms with van der Waals surface area (Å²) in [4.78, 5) is 0. The third-order valence-corrected chi connectivity index (χ3v) is 2.53. The van der Waals surface area contributed by atoms with E-state index >= 15 is 0 Å². The molecule has 18 heavy (non-hydrogen) atoms. The van der Waals surface area contributed by atoms with Gasteiger partial charge in [-0.05, 0) is 23.3 Å². The number of hydrogen-bond donors (Lipinski definition) is 0. The van der Waals surface area contributed by atoms with Crippen LogP contribution in [0.3, 0.4) is 0 Å². The Morgan fingerprint density at radius 1 is 1.00 bits per heavy atom. The van der Waals surface area contributed by atoms with Crippen LogP contribution < -0.4 is 0 Å². The van der Waals surface area contributed by atoms with Gasteiger partial charge in [-0.3, -0.25) is 0 Å². The van der Waals surface area contributed by atoms with E-state index in [1.807, 2.05) is 36.4 Å². The van der Waals surface area contributed by atoms with Gasteiger partial charge in [-0.25, -0.2) is 4.39 Å². The fourth-order valence-corrected chi connectivity index (χ4v) is 1.61. The van der Waals surface area contributed by atoms with E-state index in [-0.39, 0.29) is 5.56 Å². The van der Waals surface area contributed by atoms with Gasteiger partial charge in [0.05, 0.1) is 18.8 Å². The third kappa shape index (κ3) is 3.16. The van der Waals surface area contributed by atoms with Crippen molar-refractivity contribution in [2.45, 2.75) is 13.2 Å². The molecule has 90 valence electrons. The summed E-state index contributed by atoms with van der Waals surface area (Å²) in [6.45, 7) is 0.865. The van der Waals surface area contributed by atoms with Crippen LogP contribution in [0.4, 0.5) is 4.39 Å². The highest BCUT2D eigenvalue weighted by Gasteiger charge is 2.02. The normalized spacial score (nSPS) is 10.0. The van der Waals surface area contributed by atoms with Gasteiger partial charge < -0.3 is 4.74 Å². The van der Waals surface area contributed by atoms with E-state index < -0.39 is 5.82 Å². The fraction of sp³-hybridized carbons (Fsp3) is 0.133. The highest BCUT2D eigenvalue weighted by atomic mass is 19.1. The molecule has 0 fully saturated rings. The van der Waals surface area contributed by atoms with E-state index in [0.717, 1.165) is 11.1 Å². The SMILES string of the molecule is N#Cc1cc(COCc2ccccc2)ccc1F. The van der Waals surface area contributed by atoms with E-state index in [2.05, 4.69) is 0 Å². The third-order valence-electron chi connectivity index (χ3n) is 2.53. The Kier molecular flexibility index (Phi) is 4.06. The molecule has 0 atom stereocenters. The Bertz CT molecular complexity index is 560. The zero-order valence-electron chi connectivity index (χ0n) is 9.77. The van der Waals surface area contributed by atoms with Crippen LogP contribution in [0.25, 0.3) is 0 Å². The first kappa shape index (κ1) is 12.3. The van der Waals surface area contributed by atoms with Crippen LogP contribution in [-0.4, -0.2) is 0 Å². The maximum Gasteiger partial charge on any atom is 0.140 e. The summed E-state index contributed by atoms with van der Waals surface area (Å²) in [5, 5.41) is 8.72. The second-order valence-corrected chi connectivity index (χ2v) is 3.90. The van der Waals surface area contributed by atoms with E-state index in [4.69, 9.17) is 10.00 Å². The number of halogens is 1. The Morgan fingerprint density at radius 2 is 1.72 bits per heavy atom. The summed E-state index contributed by atoms with van der Waals surface area (Å²) in [5.41, 5.74) is 1.93. The number of ether oxygens (including phenoxy) is 1. The summed E-state index contributed by atoms with van der Waals surface area (Å²) in [6, 6.07) is 16.0. The fourth-order valence-electron chi connectivity index (χ4n) is 1.61. The van der Waals surface area contributed by atoms with Gasteiger partial charge in [0.25, 0.3) is 0 Å². The molecule has 0 saturated carbocycles. The average Bonchev–Trinajstić information content (AvgIpc) is 2.42. The van der Waals surface area contributed by atoms with Crippen molar-refractivity contribution in [1.29, 1.82) is 5.26 Å². The molecule has 0 aliphatic carbocycles. The highest BCUT2D eigenvalue weighted by Crippen LogP contribution is 2.11. The maximum absolute atomic E-state index is 13.1. The molecule has 0 heterocycles. The molecule has 0 unspecified atom stereocenters. The van der Waals surface area contributed by atoms with Gasteiger partial charge >= 0.3 is 0 Å². The topological polar surface area (TPSA) is 33.0 Å². The summed E-state index contributed by atoms with van der Waals surface area (Å²) < 4.78 is 18.6. The van der Waals surface area contributed by atoms with E-state index in [9.17, 15) is 4.39 Å². The molecular weight excluding hydrogens is 229 g/mol. The van der Waals surface area contributed by atoms with E-state index in [0.29, 0.717) is 13.2 Å². The molecule has 3 heteroatoms. The van der Waals surface area contributed by atoms with Gasteiger partial charge in [-0.1, -0.05) is 36.4 Å². The van der Waals surface area contributed by atoms with Gasteiger partial charge in [0.2, 0.25) is 0 Å². The first-order valence-corrected chi connectivity index (χ1v) is 5.60. The van der Waals surface area contributed by atoms with Crippen molar-refractivity contribution >= 4 is 0 Å². The summed E-state index contributed by atoms with van der Waals surface area (Å²) >= 11 is 0. The van der Waals surface area contributed by atoms with Crippen molar-refractivity contribution in [2.75, 3.05) is 0 Å². The van der Waals surface area contributed by atoms with Gasteiger partial charge in [0.15, 0.2) is 0 Å². The van der Waals surface area contributed by atoms with Gasteiger partial charge in [0.1, 0.15) is 11.9 Å². The largest absolute Gasteiger partial charge is 0.372 e. The lowest BCUT2D eigenvalue weighted by Crippen LogP contribution is -1.95. The molecule has 2 rings (SSSR count). The smallest absolute Gasteiger partial charge is 0.140 e.